The fraction of sp³-hybridized carbons (Fsp3) is 0.583. The Bertz CT molecular complexity index is 749. The Morgan fingerprint density at radius 1 is 0.781 bits per heavy atom. The third-order valence-electron chi connectivity index (χ3n) is 5.64. The molecule has 0 atom stereocenters. The molecule has 2 bridgehead atoms. The van der Waals surface area contributed by atoms with Crippen molar-refractivity contribution in [1.29, 1.82) is 0 Å². The van der Waals surface area contributed by atoms with Crippen molar-refractivity contribution >= 4 is 23.9 Å². The second kappa shape index (κ2) is 13.5. The fourth-order valence-electron chi connectivity index (χ4n) is 3.81. The van der Waals surface area contributed by atoms with Crippen LogP contribution in [0.25, 0.3) is 0 Å². The summed E-state index contributed by atoms with van der Waals surface area (Å²) in [4.78, 5) is 46.6. The zero-order valence-electron chi connectivity index (χ0n) is 18.3. The summed E-state index contributed by atoms with van der Waals surface area (Å²) in [6, 6.07) is 5.05. The molecule has 0 spiro atoms. The Labute approximate surface area is 187 Å². The van der Waals surface area contributed by atoms with E-state index in [0.29, 0.717) is 55.6 Å². The summed E-state index contributed by atoms with van der Waals surface area (Å²) in [5.41, 5.74) is 1.53. The quantitative estimate of drug-likeness (QED) is 0.276. The minimum atomic E-state index is -1.33. The molecule has 2 N–H and O–H groups in total. The first-order valence-electron chi connectivity index (χ1n) is 11.3. The molecule has 2 rings (SSSR count). The van der Waals surface area contributed by atoms with Crippen molar-refractivity contribution in [3.05, 3.63) is 34.9 Å². The maximum atomic E-state index is 12.5. The van der Waals surface area contributed by atoms with Gasteiger partial charge in [0.05, 0.1) is 24.3 Å². The highest BCUT2D eigenvalue weighted by Gasteiger charge is 2.24. The van der Waals surface area contributed by atoms with E-state index in [1.54, 1.807) is 18.2 Å². The SMILES string of the molecule is O=C1OCCCCOC(=O)c2cccc1c2CCCCCCCCCC(C(=O)O)C(=O)O. The number of rotatable bonds is 12. The predicted molar refractivity (Wildman–Crippen MR) is 116 cm³/mol. The van der Waals surface area contributed by atoms with Crippen molar-refractivity contribution in [2.24, 2.45) is 5.92 Å². The lowest BCUT2D eigenvalue weighted by Gasteiger charge is -2.13. The average Bonchev–Trinajstić information content (AvgIpc) is 2.76. The molecular weight excluding hydrogens is 416 g/mol. The zero-order chi connectivity index (χ0) is 23.3. The van der Waals surface area contributed by atoms with E-state index < -0.39 is 29.8 Å². The Morgan fingerprint density at radius 3 is 1.75 bits per heavy atom. The van der Waals surface area contributed by atoms with Gasteiger partial charge in [-0.15, -0.1) is 0 Å². The van der Waals surface area contributed by atoms with Gasteiger partial charge < -0.3 is 19.7 Å². The number of aliphatic carboxylic acids is 2. The van der Waals surface area contributed by atoms with Crippen molar-refractivity contribution in [1.82, 2.24) is 0 Å². The van der Waals surface area contributed by atoms with Crippen LogP contribution in [0.3, 0.4) is 0 Å². The van der Waals surface area contributed by atoms with E-state index in [1.807, 2.05) is 0 Å². The molecule has 176 valence electrons. The Morgan fingerprint density at radius 2 is 1.25 bits per heavy atom. The van der Waals surface area contributed by atoms with Gasteiger partial charge in [-0.25, -0.2) is 9.59 Å². The number of carbonyl (C=O) groups excluding carboxylic acids is 2. The van der Waals surface area contributed by atoms with Gasteiger partial charge in [-0.3, -0.25) is 9.59 Å². The lowest BCUT2D eigenvalue weighted by Crippen LogP contribution is -2.23. The Hall–Kier alpha value is -2.90. The number of benzene rings is 1. The van der Waals surface area contributed by atoms with Crippen LogP contribution in [0, 0.1) is 5.92 Å². The first-order valence-corrected chi connectivity index (χ1v) is 11.3. The largest absolute Gasteiger partial charge is 0.481 e. The smallest absolute Gasteiger partial charge is 0.338 e. The number of carboxylic acids is 2. The molecule has 1 aromatic carbocycles. The summed E-state index contributed by atoms with van der Waals surface area (Å²) in [5, 5.41) is 17.7. The summed E-state index contributed by atoms with van der Waals surface area (Å²) in [6.07, 6.45) is 7.96. The van der Waals surface area contributed by atoms with Gasteiger partial charge in [0.25, 0.3) is 0 Å². The minimum Gasteiger partial charge on any atom is -0.481 e. The minimum absolute atomic E-state index is 0.149. The molecular formula is C24H32O8. The lowest BCUT2D eigenvalue weighted by molar-refractivity contribution is -0.154. The molecule has 1 aliphatic heterocycles. The van der Waals surface area contributed by atoms with E-state index in [9.17, 15) is 19.2 Å². The maximum Gasteiger partial charge on any atom is 0.338 e. The second-order valence-electron chi connectivity index (χ2n) is 8.05. The summed E-state index contributed by atoms with van der Waals surface area (Å²) in [5.74, 6) is -4.71. The molecule has 0 aliphatic carbocycles. The topological polar surface area (TPSA) is 127 Å². The molecule has 0 saturated carbocycles. The number of esters is 2. The van der Waals surface area contributed by atoms with Gasteiger partial charge in [-0.1, -0.05) is 44.6 Å². The van der Waals surface area contributed by atoms with Gasteiger partial charge in [-0.05, 0) is 49.8 Å². The maximum absolute atomic E-state index is 12.5. The standard InChI is InChI=1S/C24H32O8/c25-21(26)20(22(27)28)12-7-5-3-1-2-4-6-11-17-18-13-10-14-19(17)24(30)32-16-9-8-15-31-23(18)29/h10,13-14,20H,1-9,11-12,15-16H2,(H,25,26)(H,27,28). The molecule has 1 heterocycles. The molecule has 0 amide bonds. The summed E-state index contributed by atoms with van der Waals surface area (Å²) in [7, 11) is 0. The zero-order valence-corrected chi connectivity index (χ0v) is 18.3. The first-order chi connectivity index (χ1) is 15.4. The first kappa shape index (κ1) is 25.4. The Balaban J connectivity index is 1.78. The van der Waals surface area contributed by atoms with Crippen LogP contribution < -0.4 is 0 Å². The highest BCUT2D eigenvalue weighted by atomic mass is 16.5. The highest BCUT2D eigenvalue weighted by Crippen LogP contribution is 2.22. The van der Waals surface area contributed by atoms with E-state index in [0.717, 1.165) is 38.5 Å². The fourth-order valence-corrected chi connectivity index (χ4v) is 3.81. The van der Waals surface area contributed by atoms with E-state index in [-0.39, 0.29) is 6.42 Å². The van der Waals surface area contributed by atoms with Crippen molar-refractivity contribution in [3.8, 4) is 0 Å². The number of carboxylic acid groups (broad SMARTS) is 2. The number of ether oxygens (including phenoxy) is 2. The van der Waals surface area contributed by atoms with Crippen LogP contribution >= 0.6 is 0 Å². The molecule has 32 heavy (non-hydrogen) atoms. The predicted octanol–water partition coefficient (Wildman–Crippen LogP) is 4.24. The van der Waals surface area contributed by atoms with E-state index in [1.165, 1.54) is 0 Å². The number of cyclic esters (lactones) is 2. The third kappa shape index (κ3) is 7.98. The van der Waals surface area contributed by atoms with Gasteiger partial charge in [-0.2, -0.15) is 0 Å². The van der Waals surface area contributed by atoms with Crippen LogP contribution in [0.2, 0.25) is 0 Å². The van der Waals surface area contributed by atoms with Gasteiger partial charge in [0.15, 0.2) is 5.92 Å². The van der Waals surface area contributed by atoms with Gasteiger partial charge in [0.2, 0.25) is 0 Å². The molecule has 8 nitrogen and oxygen atoms in total. The highest BCUT2D eigenvalue weighted by molar-refractivity contribution is 5.98. The van der Waals surface area contributed by atoms with Crippen molar-refractivity contribution in [2.45, 2.75) is 70.6 Å². The average molecular weight is 449 g/mol. The van der Waals surface area contributed by atoms with E-state index >= 15 is 0 Å². The monoisotopic (exact) mass is 448 g/mol. The van der Waals surface area contributed by atoms with Crippen molar-refractivity contribution in [2.75, 3.05) is 13.2 Å². The van der Waals surface area contributed by atoms with Crippen LogP contribution in [-0.4, -0.2) is 47.3 Å². The van der Waals surface area contributed by atoms with Crippen LogP contribution in [0.1, 0.15) is 90.5 Å². The lowest BCUT2D eigenvalue weighted by atomic mass is 9.95. The summed E-state index contributed by atoms with van der Waals surface area (Å²) in [6.45, 7) is 0.611. The molecule has 8 heteroatoms. The third-order valence-corrected chi connectivity index (χ3v) is 5.64. The molecule has 1 aromatic rings. The number of hydrogen-bond donors (Lipinski definition) is 2. The molecule has 0 fully saturated rings. The second-order valence-corrected chi connectivity index (χ2v) is 8.05. The van der Waals surface area contributed by atoms with E-state index in [2.05, 4.69) is 0 Å². The van der Waals surface area contributed by atoms with Gasteiger partial charge in [0, 0.05) is 0 Å². The number of carbonyl (C=O) groups is 4. The molecule has 0 unspecified atom stereocenters. The van der Waals surface area contributed by atoms with Crippen LogP contribution in [0.4, 0.5) is 0 Å². The number of unbranched alkanes of at least 4 members (excludes halogenated alkanes) is 6. The molecule has 0 aromatic heterocycles. The van der Waals surface area contributed by atoms with Crippen LogP contribution in [0.5, 0.6) is 0 Å². The summed E-state index contributed by atoms with van der Waals surface area (Å²) < 4.78 is 10.7. The van der Waals surface area contributed by atoms with Crippen molar-refractivity contribution in [3.63, 3.8) is 0 Å². The van der Waals surface area contributed by atoms with E-state index in [4.69, 9.17) is 19.7 Å². The number of fused-ring (bicyclic) bond motifs is 2. The van der Waals surface area contributed by atoms with Crippen LogP contribution in [0.15, 0.2) is 18.2 Å². The van der Waals surface area contributed by atoms with Crippen molar-refractivity contribution < 1.29 is 38.9 Å². The molecule has 1 aliphatic rings. The number of hydrogen-bond acceptors (Lipinski definition) is 6. The van der Waals surface area contributed by atoms with Gasteiger partial charge >= 0.3 is 23.9 Å². The normalized spacial score (nSPS) is 14.4. The molecule has 0 radical (unpaired) electrons. The summed E-state index contributed by atoms with van der Waals surface area (Å²) >= 11 is 0. The van der Waals surface area contributed by atoms with Crippen LogP contribution in [-0.2, 0) is 25.5 Å². The van der Waals surface area contributed by atoms with Gasteiger partial charge in [0.1, 0.15) is 0 Å². The molecule has 0 saturated heterocycles. The Kier molecular flexibility index (Phi) is 10.7.